The summed E-state index contributed by atoms with van der Waals surface area (Å²) in [6.07, 6.45) is -0.593. The summed E-state index contributed by atoms with van der Waals surface area (Å²) in [6.45, 7) is 0. The van der Waals surface area contributed by atoms with Crippen molar-refractivity contribution in [2.24, 2.45) is 0 Å². The molecule has 0 fully saturated rings. The largest absolute Gasteiger partial charge is 0.481 e. The Morgan fingerprint density at radius 1 is 0.900 bits per heavy atom. The van der Waals surface area contributed by atoms with Gasteiger partial charge in [0.1, 0.15) is 0 Å². The predicted octanol–water partition coefficient (Wildman–Crippen LogP) is -0.826. The van der Waals surface area contributed by atoms with Gasteiger partial charge in [-0.1, -0.05) is 0 Å². The van der Waals surface area contributed by atoms with Crippen LogP contribution in [-0.2, 0) is 9.59 Å². The summed E-state index contributed by atoms with van der Waals surface area (Å²) in [7, 11) is 0. The Balaban J connectivity index is -0.000000245. The van der Waals surface area contributed by atoms with Gasteiger partial charge in [-0.05, 0) is 0 Å². The SMILES string of the molecule is O=C(O)[13CH2][13CH2]C(=O)O.[Na].[Na]. The molecule has 0 aliphatic carbocycles. The number of carbonyl (C=O) groups is 2. The number of aliphatic carboxylic acids is 2. The summed E-state index contributed by atoms with van der Waals surface area (Å²) >= 11 is 0. The van der Waals surface area contributed by atoms with Crippen molar-refractivity contribution in [2.45, 2.75) is 12.8 Å². The number of hydrogen-bond donors (Lipinski definition) is 2. The third kappa shape index (κ3) is 16.0. The maximum atomic E-state index is 9.64. The zero-order valence-electron chi connectivity index (χ0n) is 6.13. The molecule has 0 aromatic carbocycles. The number of carboxylic acids is 2. The third-order valence-corrected chi connectivity index (χ3v) is 0.553. The molecule has 0 aromatic heterocycles. The van der Waals surface area contributed by atoms with E-state index in [1.54, 1.807) is 0 Å². The van der Waals surface area contributed by atoms with Crippen molar-refractivity contribution in [3.63, 3.8) is 0 Å². The summed E-state index contributed by atoms with van der Waals surface area (Å²) in [5.74, 6) is -2.15. The molecule has 0 spiro atoms. The van der Waals surface area contributed by atoms with Gasteiger partial charge in [-0.25, -0.2) is 0 Å². The second-order valence-corrected chi connectivity index (χ2v) is 1.29. The molecule has 2 N–H and O–H groups in total. The van der Waals surface area contributed by atoms with Crippen LogP contribution >= 0.6 is 0 Å². The van der Waals surface area contributed by atoms with E-state index in [2.05, 4.69) is 0 Å². The van der Waals surface area contributed by atoms with Crippen molar-refractivity contribution >= 4 is 71.1 Å². The minimum absolute atomic E-state index is 0. The van der Waals surface area contributed by atoms with Crippen LogP contribution < -0.4 is 0 Å². The maximum absolute atomic E-state index is 9.64. The summed E-state index contributed by atoms with van der Waals surface area (Å²) in [4.78, 5) is 19.3. The van der Waals surface area contributed by atoms with Gasteiger partial charge in [0, 0.05) is 59.1 Å². The standard InChI is InChI=1S/C4H6O4.2Na/c5-3(6)1-2-4(7)8;;/h1-2H2,(H,5,6)(H,7,8);;/i1+1,2+1;;. The van der Waals surface area contributed by atoms with Crippen molar-refractivity contribution in [2.75, 3.05) is 0 Å². The van der Waals surface area contributed by atoms with E-state index in [9.17, 15) is 9.59 Å². The summed E-state index contributed by atoms with van der Waals surface area (Å²) in [5, 5.41) is 15.8. The molecule has 0 heterocycles. The molecule has 0 aliphatic rings. The zero-order chi connectivity index (χ0) is 6.57. The van der Waals surface area contributed by atoms with E-state index < -0.39 is 11.9 Å². The van der Waals surface area contributed by atoms with Crippen LogP contribution in [0.5, 0.6) is 0 Å². The van der Waals surface area contributed by atoms with E-state index >= 15 is 0 Å². The van der Waals surface area contributed by atoms with Gasteiger partial charge in [-0.2, -0.15) is 0 Å². The molecule has 0 aromatic rings. The minimum atomic E-state index is -1.08. The Labute approximate surface area is 103 Å². The Kier molecular flexibility index (Phi) is 17.0. The Morgan fingerprint density at radius 2 is 1.10 bits per heavy atom. The van der Waals surface area contributed by atoms with E-state index in [0.29, 0.717) is 0 Å². The van der Waals surface area contributed by atoms with Crippen LogP contribution in [0.15, 0.2) is 0 Å². The molecule has 0 unspecified atom stereocenters. The van der Waals surface area contributed by atoms with Crippen LogP contribution in [0.3, 0.4) is 0 Å². The Bertz CT molecular complexity index is 99.8. The fourth-order valence-corrected chi connectivity index (χ4v) is 0.214. The Hall–Kier alpha value is 0.940. The Morgan fingerprint density at radius 3 is 1.20 bits per heavy atom. The van der Waals surface area contributed by atoms with E-state index in [4.69, 9.17) is 10.2 Å². The fourth-order valence-electron chi connectivity index (χ4n) is 0.214. The average molecular weight is 166 g/mol. The fraction of sp³-hybridized carbons (Fsp3) is 0.500. The maximum Gasteiger partial charge on any atom is 0.303 e. The molecular formula is C4H6Na2O4. The third-order valence-electron chi connectivity index (χ3n) is 0.553. The van der Waals surface area contributed by atoms with Crippen LogP contribution in [-0.4, -0.2) is 81.3 Å². The topological polar surface area (TPSA) is 74.6 Å². The molecule has 0 saturated carbocycles. The molecule has 0 amide bonds. The first-order valence-electron chi connectivity index (χ1n) is 2.06. The van der Waals surface area contributed by atoms with Crippen molar-refractivity contribution in [1.82, 2.24) is 0 Å². The number of rotatable bonds is 3. The van der Waals surface area contributed by atoms with Gasteiger partial charge < -0.3 is 10.2 Å². The zero-order valence-corrected chi connectivity index (χ0v) is 10.1. The van der Waals surface area contributed by atoms with Gasteiger partial charge in [-0.15, -0.1) is 0 Å². The van der Waals surface area contributed by atoms with Gasteiger partial charge in [0.15, 0.2) is 0 Å². The monoisotopic (exact) mass is 166 g/mol. The van der Waals surface area contributed by atoms with Crippen molar-refractivity contribution in [1.29, 1.82) is 0 Å². The van der Waals surface area contributed by atoms with Gasteiger partial charge in [0.05, 0.1) is 12.8 Å². The summed E-state index contributed by atoms with van der Waals surface area (Å²) in [6, 6.07) is 0. The number of carboxylic acid groups (broad SMARTS) is 2. The van der Waals surface area contributed by atoms with Crippen LogP contribution in [0.4, 0.5) is 0 Å². The summed E-state index contributed by atoms with van der Waals surface area (Å²) in [5.41, 5.74) is 0. The van der Waals surface area contributed by atoms with Crippen LogP contribution in [0, 0.1) is 0 Å². The molecule has 0 bridgehead atoms. The molecule has 48 valence electrons. The smallest absolute Gasteiger partial charge is 0.303 e. The van der Waals surface area contributed by atoms with Crippen LogP contribution in [0.1, 0.15) is 12.8 Å². The van der Waals surface area contributed by atoms with E-state index in [1.165, 1.54) is 0 Å². The minimum Gasteiger partial charge on any atom is -0.481 e. The molecular weight excluding hydrogens is 160 g/mol. The van der Waals surface area contributed by atoms with Gasteiger partial charge in [0.2, 0.25) is 0 Å². The first kappa shape index (κ1) is 17.1. The molecule has 0 atom stereocenters. The molecule has 2 radical (unpaired) electrons. The van der Waals surface area contributed by atoms with Crippen LogP contribution in [0.2, 0.25) is 0 Å². The number of hydrogen-bond acceptors (Lipinski definition) is 2. The van der Waals surface area contributed by atoms with Crippen molar-refractivity contribution in [3.8, 4) is 0 Å². The van der Waals surface area contributed by atoms with E-state index in [1.807, 2.05) is 0 Å². The van der Waals surface area contributed by atoms with E-state index in [0.717, 1.165) is 0 Å². The molecule has 0 saturated heterocycles. The molecule has 0 aliphatic heterocycles. The van der Waals surface area contributed by atoms with Crippen LogP contribution in [0.25, 0.3) is 0 Å². The van der Waals surface area contributed by atoms with Gasteiger partial charge in [-0.3, -0.25) is 9.59 Å². The summed E-state index contributed by atoms with van der Waals surface area (Å²) < 4.78 is 0. The molecule has 4 nitrogen and oxygen atoms in total. The average Bonchev–Trinajstić information content (AvgIpc) is 1.61. The quantitative estimate of drug-likeness (QED) is 0.424. The van der Waals surface area contributed by atoms with E-state index in [-0.39, 0.29) is 72.0 Å². The van der Waals surface area contributed by atoms with Gasteiger partial charge in [0.25, 0.3) is 0 Å². The normalized spacial score (nSPS) is 6.80. The molecule has 6 heteroatoms. The van der Waals surface area contributed by atoms with Crippen molar-refractivity contribution in [3.05, 3.63) is 0 Å². The first-order valence-corrected chi connectivity index (χ1v) is 2.06. The second kappa shape index (κ2) is 9.94. The molecule has 0 rings (SSSR count). The first-order chi connectivity index (χ1) is 3.63. The molecule has 10 heavy (non-hydrogen) atoms. The van der Waals surface area contributed by atoms with Crippen molar-refractivity contribution < 1.29 is 19.8 Å². The second-order valence-electron chi connectivity index (χ2n) is 1.29. The predicted molar refractivity (Wildman–Crippen MR) is 36.0 cm³/mol. The van der Waals surface area contributed by atoms with Gasteiger partial charge >= 0.3 is 11.9 Å².